The molecular formula is C13H20N2O2. The summed E-state index contributed by atoms with van der Waals surface area (Å²) < 4.78 is 0. The quantitative estimate of drug-likeness (QED) is 0.687. The number of carbonyl (C=O) groups excluding carboxylic acids is 2. The van der Waals surface area contributed by atoms with Crippen LogP contribution < -0.4 is 0 Å². The number of Topliss-reactive ketones (excluding diaryl/α,β-unsaturated/α-hetero) is 1. The van der Waals surface area contributed by atoms with Crippen LogP contribution in [0.2, 0.25) is 0 Å². The van der Waals surface area contributed by atoms with Gasteiger partial charge in [0, 0.05) is 25.4 Å². The number of ketones is 1. The van der Waals surface area contributed by atoms with Gasteiger partial charge < -0.3 is 0 Å². The second-order valence-electron chi connectivity index (χ2n) is 5.84. The van der Waals surface area contributed by atoms with Gasteiger partial charge in [0.1, 0.15) is 5.78 Å². The van der Waals surface area contributed by atoms with Crippen molar-refractivity contribution in [2.45, 2.75) is 51.6 Å². The van der Waals surface area contributed by atoms with E-state index in [0.717, 1.165) is 19.4 Å². The molecule has 17 heavy (non-hydrogen) atoms. The number of hydrogen-bond donors (Lipinski definition) is 0. The van der Waals surface area contributed by atoms with Gasteiger partial charge in [-0.1, -0.05) is 13.8 Å². The Morgan fingerprint density at radius 1 is 1.24 bits per heavy atom. The summed E-state index contributed by atoms with van der Waals surface area (Å²) in [4.78, 5) is 24.1. The van der Waals surface area contributed by atoms with E-state index in [2.05, 4.69) is 18.9 Å². The van der Waals surface area contributed by atoms with Gasteiger partial charge in [-0.2, -0.15) is 0 Å². The van der Waals surface area contributed by atoms with Gasteiger partial charge in [-0.05, 0) is 18.8 Å². The first kappa shape index (κ1) is 11.2. The molecular weight excluding hydrogens is 216 g/mol. The number of rotatable bonds is 1. The lowest BCUT2D eigenvalue weighted by molar-refractivity contribution is -0.139. The fraction of sp³-hybridized carbons (Fsp3) is 0.846. The van der Waals surface area contributed by atoms with Crippen LogP contribution in [0.25, 0.3) is 0 Å². The van der Waals surface area contributed by atoms with Gasteiger partial charge in [0.2, 0.25) is 5.91 Å². The van der Waals surface area contributed by atoms with Crippen molar-refractivity contribution < 1.29 is 9.59 Å². The summed E-state index contributed by atoms with van der Waals surface area (Å²) in [6.45, 7) is 5.13. The smallest absolute Gasteiger partial charge is 0.238 e. The normalized spacial score (nSPS) is 37.8. The van der Waals surface area contributed by atoms with E-state index in [1.165, 1.54) is 0 Å². The predicted molar refractivity (Wildman–Crippen MR) is 62.9 cm³/mol. The van der Waals surface area contributed by atoms with Crippen molar-refractivity contribution in [1.82, 2.24) is 10.0 Å². The van der Waals surface area contributed by atoms with Crippen LogP contribution in [0.3, 0.4) is 0 Å². The van der Waals surface area contributed by atoms with Crippen molar-refractivity contribution in [1.29, 1.82) is 0 Å². The zero-order chi connectivity index (χ0) is 12.2. The van der Waals surface area contributed by atoms with Gasteiger partial charge in [0.15, 0.2) is 0 Å². The Morgan fingerprint density at radius 2 is 2.00 bits per heavy atom. The maximum atomic E-state index is 12.2. The molecule has 0 radical (unpaired) electrons. The van der Waals surface area contributed by atoms with E-state index in [-0.39, 0.29) is 23.9 Å². The molecule has 4 nitrogen and oxygen atoms in total. The third-order valence-electron chi connectivity index (χ3n) is 4.51. The second-order valence-corrected chi connectivity index (χ2v) is 5.84. The lowest BCUT2D eigenvalue weighted by atomic mass is 9.76. The molecule has 0 aromatic rings. The van der Waals surface area contributed by atoms with E-state index in [0.29, 0.717) is 24.5 Å². The molecule has 0 aromatic heterocycles. The van der Waals surface area contributed by atoms with Crippen LogP contribution in [0, 0.1) is 11.8 Å². The summed E-state index contributed by atoms with van der Waals surface area (Å²) in [6, 6.07) is 0.415. The average Bonchev–Trinajstić information content (AvgIpc) is 2.78. The van der Waals surface area contributed by atoms with Crippen LogP contribution >= 0.6 is 0 Å². The molecule has 2 heterocycles. The molecule has 2 saturated heterocycles. The van der Waals surface area contributed by atoms with Gasteiger partial charge in [-0.3, -0.25) is 14.6 Å². The number of hydrogen-bond acceptors (Lipinski definition) is 3. The standard InChI is InChI=1S/C13H20N2O2/c1-8(2)13-12-9(4-3-5-10(12)16)15-11(17)6-7-14(13)15/h8-9,12-13H,3-7H2,1-2H3/t9-,12-,13-/m1/s1. The highest BCUT2D eigenvalue weighted by Gasteiger charge is 2.56. The number of hydrazine groups is 1. The molecule has 3 atom stereocenters. The summed E-state index contributed by atoms with van der Waals surface area (Å²) in [5.41, 5.74) is 0. The van der Waals surface area contributed by atoms with E-state index in [1.807, 2.05) is 5.01 Å². The van der Waals surface area contributed by atoms with Crippen LogP contribution in [0.1, 0.15) is 39.5 Å². The summed E-state index contributed by atoms with van der Waals surface area (Å²) in [5.74, 6) is 1.11. The van der Waals surface area contributed by atoms with Crippen molar-refractivity contribution in [2.24, 2.45) is 11.8 Å². The zero-order valence-electron chi connectivity index (χ0n) is 10.6. The third-order valence-corrected chi connectivity index (χ3v) is 4.51. The lowest BCUT2D eigenvalue weighted by Gasteiger charge is -2.29. The highest BCUT2D eigenvalue weighted by atomic mass is 16.2. The van der Waals surface area contributed by atoms with E-state index < -0.39 is 0 Å². The molecule has 0 aromatic carbocycles. The number of amides is 1. The van der Waals surface area contributed by atoms with E-state index in [9.17, 15) is 9.59 Å². The molecule has 1 amide bonds. The molecule has 0 spiro atoms. The number of fused-ring (bicyclic) bond motifs is 3. The molecule has 1 saturated carbocycles. The van der Waals surface area contributed by atoms with Gasteiger partial charge in [-0.25, -0.2) is 5.01 Å². The minimum Gasteiger partial charge on any atom is -0.299 e. The zero-order valence-corrected chi connectivity index (χ0v) is 10.6. The minimum absolute atomic E-state index is 0.0769. The Bertz CT molecular complexity index is 366. The van der Waals surface area contributed by atoms with E-state index in [1.54, 1.807) is 0 Å². The van der Waals surface area contributed by atoms with Crippen molar-refractivity contribution in [3.63, 3.8) is 0 Å². The summed E-state index contributed by atoms with van der Waals surface area (Å²) in [6.07, 6.45) is 3.28. The van der Waals surface area contributed by atoms with Gasteiger partial charge in [-0.15, -0.1) is 0 Å². The Kier molecular flexibility index (Phi) is 2.51. The highest BCUT2D eigenvalue weighted by molar-refractivity contribution is 5.86. The Morgan fingerprint density at radius 3 is 2.71 bits per heavy atom. The van der Waals surface area contributed by atoms with Crippen molar-refractivity contribution in [2.75, 3.05) is 6.54 Å². The minimum atomic E-state index is 0.0769. The van der Waals surface area contributed by atoms with Crippen molar-refractivity contribution >= 4 is 11.7 Å². The Balaban J connectivity index is 1.98. The van der Waals surface area contributed by atoms with Crippen LogP contribution in [0.5, 0.6) is 0 Å². The van der Waals surface area contributed by atoms with Gasteiger partial charge >= 0.3 is 0 Å². The fourth-order valence-electron chi connectivity index (χ4n) is 3.93. The second kappa shape index (κ2) is 3.80. The molecule has 1 aliphatic carbocycles. The van der Waals surface area contributed by atoms with Crippen molar-refractivity contribution in [3.8, 4) is 0 Å². The molecule has 3 aliphatic rings. The van der Waals surface area contributed by atoms with Gasteiger partial charge in [0.05, 0.1) is 12.0 Å². The molecule has 0 N–H and O–H groups in total. The van der Waals surface area contributed by atoms with Crippen LogP contribution in [-0.2, 0) is 9.59 Å². The monoisotopic (exact) mass is 236 g/mol. The highest BCUT2D eigenvalue weighted by Crippen LogP contribution is 2.43. The molecule has 94 valence electrons. The van der Waals surface area contributed by atoms with Crippen LogP contribution in [0.4, 0.5) is 0 Å². The first-order valence-corrected chi connectivity index (χ1v) is 6.72. The first-order valence-electron chi connectivity index (χ1n) is 6.72. The molecule has 0 bridgehead atoms. The van der Waals surface area contributed by atoms with Crippen LogP contribution in [0.15, 0.2) is 0 Å². The summed E-state index contributed by atoms with van der Waals surface area (Å²) >= 11 is 0. The maximum Gasteiger partial charge on any atom is 0.238 e. The molecule has 0 unspecified atom stereocenters. The molecule has 3 rings (SSSR count). The lowest BCUT2D eigenvalue weighted by Crippen LogP contribution is -2.42. The summed E-state index contributed by atoms with van der Waals surface area (Å²) in [5, 5.41) is 4.11. The number of carbonyl (C=O) groups is 2. The maximum absolute atomic E-state index is 12.2. The fourth-order valence-corrected chi connectivity index (χ4v) is 3.93. The first-order chi connectivity index (χ1) is 8.11. The molecule has 4 heteroatoms. The average molecular weight is 236 g/mol. The number of nitrogens with zero attached hydrogens (tertiary/aromatic N) is 2. The van der Waals surface area contributed by atoms with E-state index in [4.69, 9.17) is 0 Å². The van der Waals surface area contributed by atoms with E-state index >= 15 is 0 Å². The SMILES string of the molecule is CC(C)[C@@H]1[C@H]2C(=O)CCC[C@H]2N2C(=O)CCN12. The van der Waals surface area contributed by atoms with Crippen LogP contribution in [-0.4, -0.2) is 40.3 Å². The van der Waals surface area contributed by atoms with Crippen molar-refractivity contribution in [3.05, 3.63) is 0 Å². The Labute approximate surface area is 102 Å². The Hall–Kier alpha value is -0.900. The summed E-state index contributed by atoms with van der Waals surface area (Å²) in [7, 11) is 0. The molecule has 3 fully saturated rings. The topological polar surface area (TPSA) is 40.6 Å². The molecule has 2 aliphatic heterocycles. The predicted octanol–water partition coefficient (Wildman–Crippen LogP) is 1.21. The largest absolute Gasteiger partial charge is 0.299 e. The van der Waals surface area contributed by atoms with Gasteiger partial charge in [0.25, 0.3) is 0 Å². The third kappa shape index (κ3) is 1.46.